The SMILES string of the molecule is COc1ccc(OC)c(NC(=O)C(=O)NC[C@H](c2ccsc2)N2CCOCC2)c1. The van der Waals surface area contributed by atoms with Crippen molar-refractivity contribution in [3.05, 3.63) is 40.6 Å². The number of hydrogen-bond donors (Lipinski definition) is 2. The number of amides is 2. The Bertz CT molecular complexity index is 822. The lowest BCUT2D eigenvalue weighted by molar-refractivity contribution is -0.136. The summed E-state index contributed by atoms with van der Waals surface area (Å²) >= 11 is 1.61. The number of morpholine rings is 1. The van der Waals surface area contributed by atoms with Gasteiger partial charge in [-0.3, -0.25) is 14.5 Å². The van der Waals surface area contributed by atoms with Gasteiger partial charge in [-0.15, -0.1) is 0 Å². The summed E-state index contributed by atoms with van der Waals surface area (Å²) in [4.78, 5) is 27.1. The van der Waals surface area contributed by atoms with Gasteiger partial charge in [0.25, 0.3) is 0 Å². The minimum atomic E-state index is -0.761. The van der Waals surface area contributed by atoms with Gasteiger partial charge < -0.3 is 24.8 Å². The Morgan fingerprint density at radius 2 is 1.97 bits per heavy atom. The van der Waals surface area contributed by atoms with E-state index in [9.17, 15) is 9.59 Å². The Morgan fingerprint density at radius 3 is 2.62 bits per heavy atom. The highest BCUT2D eigenvalue weighted by atomic mass is 32.1. The molecule has 0 radical (unpaired) electrons. The van der Waals surface area contributed by atoms with E-state index < -0.39 is 11.8 Å². The van der Waals surface area contributed by atoms with Crippen LogP contribution in [-0.2, 0) is 14.3 Å². The van der Waals surface area contributed by atoms with Crippen LogP contribution in [0.2, 0.25) is 0 Å². The van der Waals surface area contributed by atoms with E-state index >= 15 is 0 Å². The molecule has 1 atom stereocenters. The first-order valence-corrected chi connectivity index (χ1v) is 10.2. The van der Waals surface area contributed by atoms with Crippen LogP contribution in [0, 0.1) is 0 Å². The highest BCUT2D eigenvalue weighted by molar-refractivity contribution is 7.08. The van der Waals surface area contributed by atoms with Crippen molar-refractivity contribution in [1.82, 2.24) is 10.2 Å². The van der Waals surface area contributed by atoms with E-state index in [-0.39, 0.29) is 6.04 Å². The Balaban J connectivity index is 1.63. The fourth-order valence-electron chi connectivity index (χ4n) is 3.17. The fraction of sp³-hybridized carbons (Fsp3) is 0.400. The second kappa shape index (κ2) is 10.2. The molecule has 2 heterocycles. The lowest BCUT2D eigenvalue weighted by Crippen LogP contribution is -2.45. The molecule has 0 unspecified atom stereocenters. The third kappa shape index (κ3) is 5.47. The molecule has 9 heteroatoms. The molecule has 0 spiro atoms. The number of nitrogens with one attached hydrogen (secondary N) is 2. The average Bonchev–Trinajstić information content (AvgIpc) is 3.29. The van der Waals surface area contributed by atoms with Crippen LogP contribution in [0.5, 0.6) is 11.5 Å². The van der Waals surface area contributed by atoms with Crippen molar-refractivity contribution in [2.75, 3.05) is 52.4 Å². The zero-order valence-corrected chi connectivity index (χ0v) is 17.3. The highest BCUT2D eigenvalue weighted by Crippen LogP contribution is 2.29. The number of ether oxygens (including phenoxy) is 3. The number of carbonyl (C=O) groups excluding carboxylic acids is 2. The fourth-order valence-corrected chi connectivity index (χ4v) is 3.88. The molecule has 1 aliphatic rings. The Morgan fingerprint density at radius 1 is 1.17 bits per heavy atom. The molecular formula is C20H25N3O5S. The van der Waals surface area contributed by atoms with Crippen molar-refractivity contribution in [2.45, 2.75) is 6.04 Å². The van der Waals surface area contributed by atoms with Crippen LogP contribution in [0.15, 0.2) is 35.0 Å². The topological polar surface area (TPSA) is 89.1 Å². The number of rotatable bonds is 7. The summed E-state index contributed by atoms with van der Waals surface area (Å²) in [5, 5.41) is 9.41. The largest absolute Gasteiger partial charge is 0.497 e. The van der Waals surface area contributed by atoms with Crippen LogP contribution in [0.4, 0.5) is 5.69 Å². The average molecular weight is 420 g/mol. The molecule has 1 saturated heterocycles. The van der Waals surface area contributed by atoms with Crippen molar-refractivity contribution < 1.29 is 23.8 Å². The molecule has 8 nitrogen and oxygen atoms in total. The normalized spacial score (nSPS) is 15.4. The second-order valence-corrected chi connectivity index (χ2v) is 7.23. The standard InChI is InChI=1S/C20H25N3O5S/c1-26-15-3-4-18(27-2)16(11-15)22-20(25)19(24)21-12-17(14-5-10-29-13-14)23-6-8-28-9-7-23/h3-5,10-11,13,17H,6-9,12H2,1-2H3,(H,21,24)(H,22,25)/t17-/m1/s1. The van der Waals surface area contributed by atoms with Gasteiger partial charge in [0.15, 0.2) is 0 Å². The predicted molar refractivity (Wildman–Crippen MR) is 111 cm³/mol. The van der Waals surface area contributed by atoms with E-state index in [0.717, 1.165) is 18.7 Å². The smallest absolute Gasteiger partial charge is 0.313 e. The Kier molecular flexibility index (Phi) is 7.45. The number of anilines is 1. The summed E-state index contributed by atoms with van der Waals surface area (Å²) < 4.78 is 15.8. The van der Waals surface area contributed by atoms with Crippen LogP contribution in [0.25, 0.3) is 0 Å². The molecule has 1 aromatic heterocycles. The molecule has 0 bridgehead atoms. The van der Waals surface area contributed by atoms with Gasteiger partial charge in [-0.05, 0) is 34.5 Å². The van der Waals surface area contributed by atoms with Crippen molar-refractivity contribution >= 4 is 28.8 Å². The van der Waals surface area contributed by atoms with Crippen molar-refractivity contribution in [1.29, 1.82) is 0 Å². The molecule has 29 heavy (non-hydrogen) atoms. The number of methoxy groups -OCH3 is 2. The molecule has 156 valence electrons. The summed E-state index contributed by atoms with van der Waals surface area (Å²) in [5.74, 6) is -0.478. The number of nitrogens with zero attached hydrogens (tertiary/aromatic N) is 1. The molecule has 0 saturated carbocycles. The maximum Gasteiger partial charge on any atom is 0.313 e. The van der Waals surface area contributed by atoms with E-state index in [1.165, 1.54) is 14.2 Å². The van der Waals surface area contributed by atoms with Gasteiger partial charge in [-0.1, -0.05) is 0 Å². The maximum atomic E-state index is 12.4. The first kappa shape index (κ1) is 21.1. The molecule has 3 rings (SSSR count). The van der Waals surface area contributed by atoms with Crippen molar-refractivity contribution in [3.63, 3.8) is 0 Å². The van der Waals surface area contributed by atoms with E-state index in [4.69, 9.17) is 14.2 Å². The Labute approximate surface area is 173 Å². The molecule has 1 aliphatic heterocycles. The third-order valence-corrected chi connectivity index (χ3v) is 5.43. The monoisotopic (exact) mass is 419 g/mol. The van der Waals surface area contributed by atoms with Crippen LogP contribution >= 0.6 is 11.3 Å². The lowest BCUT2D eigenvalue weighted by atomic mass is 10.1. The number of thiophene rings is 1. The quantitative estimate of drug-likeness (QED) is 0.667. The molecule has 1 aromatic carbocycles. The summed E-state index contributed by atoms with van der Waals surface area (Å²) in [6.45, 7) is 3.21. The van der Waals surface area contributed by atoms with Crippen LogP contribution < -0.4 is 20.1 Å². The van der Waals surface area contributed by atoms with E-state index in [1.807, 2.05) is 11.4 Å². The maximum absolute atomic E-state index is 12.4. The van der Waals surface area contributed by atoms with Crippen molar-refractivity contribution in [2.24, 2.45) is 0 Å². The first-order valence-electron chi connectivity index (χ1n) is 9.27. The van der Waals surface area contributed by atoms with Crippen LogP contribution in [-0.4, -0.2) is 63.8 Å². The second-order valence-electron chi connectivity index (χ2n) is 6.45. The number of carbonyl (C=O) groups is 2. The van der Waals surface area contributed by atoms with E-state index in [1.54, 1.807) is 29.5 Å². The predicted octanol–water partition coefficient (Wildman–Crippen LogP) is 1.89. The molecule has 1 fully saturated rings. The van der Waals surface area contributed by atoms with Gasteiger partial charge in [-0.2, -0.15) is 11.3 Å². The number of benzene rings is 1. The zero-order chi connectivity index (χ0) is 20.6. The lowest BCUT2D eigenvalue weighted by Gasteiger charge is -2.34. The highest BCUT2D eigenvalue weighted by Gasteiger charge is 2.25. The first-order chi connectivity index (χ1) is 14.1. The summed E-state index contributed by atoms with van der Waals surface area (Å²) in [5.41, 5.74) is 1.49. The minimum Gasteiger partial charge on any atom is -0.497 e. The zero-order valence-electron chi connectivity index (χ0n) is 16.5. The minimum absolute atomic E-state index is 0.00624. The molecular weight excluding hydrogens is 394 g/mol. The molecule has 2 aromatic rings. The van der Waals surface area contributed by atoms with Crippen LogP contribution in [0.3, 0.4) is 0 Å². The van der Waals surface area contributed by atoms with Gasteiger partial charge in [-0.25, -0.2) is 0 Å². The van der Waals surface area contributed by atoms with Gasteiger partial charge in [0, 0.05) is 25.7 Å². The van der Waals surface area contributed by atoms with Gasteiger partial charge in [0.1, 0.15) is 11.5 Å². The number of hydrogen-bond acceptors (Lipinski definition) is 7. The molecule has 2 amide bonds. The summed E-state index contributed by atoms with van der Waals surface area (Å²) in [7, 11) is 3.02. The molecule has 2 N–H and O–H groups in total. The van der Waals surface area contributed by atoms with Gasteiger partial charge >= 0.3 is 11.8 Å². The van der Waals surface area contributed by atoms with Crippen molar-refractivity contribution in [3.8, 4) is 11.5 Å². The van der Waals surface area contributed by atoms with E-state index in [2.05, 4.69) is 20.9 Å². The van der Waals surface area contributed by atoms with Crippen LogP contribution in [0.1, 0.15) is 11.6 Å². The van der Waals surface area contributed by atoms with E-state index in [0.29, 0.717) is 36.9 Å². The van der Waals surface area contributed by atoms with Gasteiger partial charge in [0.2, 0.25) is 0 Å². The summed E-state index contributed by atoms with van der Waals surface area (Å²) in [6.07, 6.45) is 0. The third-order valence-electron chi connectivity index (χ3n) is 4.73. The summed E-state index contributed by atoms with van der Waals surface area (Å²) in [6, 6.07) is 7.01. The van der Waals surface area contributed by atoms with Gasteiger partial charge in [0.05, 0.1) is 39.2 Å². The Hall–Kier alpha value is -2.62. The molecule has 0 aliphatic carbocycles.